The molecule has 1 unspecified atom stereocenters. The van der Waals surface area contributed by atoms with Crippen LogP contribution in [0.1, 0.15) is 18.1 Å². The summed E-state index contributed by atoms with van der Waals surface area (Å²) in [7, 11) is 1.28. The number of esters is 1. The molecule has 8 nitrogen and oxygen atoms in total. The van der Waals surface area contributed by atoms with Gasteiger partial charge in [0.1, 0.15) is 5.75 Å². The molecule has 1 heterocycles. The lowest BCUT2D eigenvalue weighted by atomic mass is 9.93. The molecular formula is C16H17F3N2O6. The molecule has 2 amide bonds. The van der Waals surface area contributed by atoms with Gasteiger partial charge in [0.25, 0.3) is 11.5 Å². The van der Waals surface area contributed by atoms with Crippen LogP contribution in [0.25, 0.3) is 0 Å². The summed E-state index contributed by atoms with van der Waals surface area (Å²) < 4.78 is 46.5. The number of nitrogens with one attached hydrogen (secondary N) is 2. The van der Waals surface area contributed by atoms with E-state index in [0.29, 0.717) is 5.56 Å². The predicted molar refractivity (Wildman–Crippen MR) is 84.9 cm³/mol. The Labute approximate surface area is 151 Å². The van der Waals surface area contributed by atoms with Gasteiger partial charge in [-0.15, -0.1) is 0 Å². The minimum Gasteiger partial charge on any atom is -0.495 e. The highest BCUT2D eigenvalue weighted by atomic mass is 19.4. The van der Waals surface area contributed by atoms with Crippen LogP contribution in [0.2, 0.25) is 0 Å². The summed E-state index contributed by atoms with van der Waals surface area (Å²) in [5.41, 5.74) is -2.36. The van der Waals surface area contributed by atoms with Crippen LogP contribution in [0.4, 0.5) is 18.9 Å². The molecule has 11 heteroatoms. The number of hydrogen-bond donors (Lipinski definition) is 3. The molecule has 0 aromatic heterocycles. The third-order valence-corrected chi connectivity index (χ3v) is 3.87. The van der Waals surface area contributed by atoms with E-state index in [1.165, 1.54) is 26.2 Å². The third kappa shape index (κ3) is 3.82. The maximum absolute atomic E-state index is 12.2. The van der Waals surface area contributed by atoms with Gasteiger partial charge in [-0.1, -0.05) is 0 Å². The molecule has 1 aliphatic rings. The van der Waals surface area contributed by atoms with Gasteiger partial charge in [0.05, 0.1) is 19.4 Å². The summed E-state index contributed by atoms with van der Waals surface area (Å²) in [6.07, 6.45) is -5.07. The average molecular weight is 390 g/mol. The van der Waals surface area contributed by atoms with Crippen LogP contribution in [-0.2, 0) is 31.1 Å². The van der Waals surface area contributed by atoms with E-state index in [0.717, 1.165) is 0 Å². The smallest absolute Gasteiger partial charge is 0.471 e. The number of hydrogen-bond acceptors (Lipinski definition) is 6. The van der Waals surface area contributed by atoms with Crippen LogP contribution in [0.5, 0.6) is 5.75 Å². The molecule has 27 heavy (non-hydrogen) atoms. The lowest BCUT2D eigenvalue weighted by Gasteiger charge is -2.19. The number of halogens is 3. The summed E-state index contributed by atoms with van der Waals surface area (Å²) in [4.78, 5) is 35.1. The van der Waals surface area contributed by atoms with Gasteiger partial charge in [-0.05, 0) is 31.0 Å². The fourth-order valence-electron chi connectivity index (χ4n) is 2.58. The third-order valence-electron chi connectivity index (χ3n) is 3.87. The minimum absolute atomic E-state index is 0.0566. The zero-order valence-corrected chi connectivity index (χ0v) is 14.4. The van der Waals surface area contributed by atoms with Crippen molar-refractivity contribution >= 4 is 23.5 Å². The lowest BCUT2D eigenvalue weighted by Crippen LogP contribution is -2.43. The molecule has 0 radical (unpaired) electrons. The van der Waals surface area contributed by atoms with Crippen LogP contribution >= 0.6 is 0 Å². The van der Waals surface area contributed by atoms with Crippen molar-refractivity contribution in [1.82, 2.24) is 5.32 Å². The van der Waals surface area contributed by atoms with E-state index < -0.39 is 29.6 Å². The van der Waals surface area contributed by atoms with Crippen LogP contribution < -0.4 is 15.4 Å². The highest BCUT2D eigenvalue weighted by Gasteiger charge is 2.54. The molecular weight excluding hydrogens is 373 g/mol. The topological polar surface area (TPSA) is 114 Å². The van der Waals surface area contributed by atoms with Gasteiger partial charge in [-0.25, -0.2) is 4.79 Å². The van der Waals surface area contributed by atoms with Crippen molar-refractivity contribution in [1.29, 1.82) is 0 Å². The first kappa shape index (κ1) is 20.5. The van der Waals surface area contributed by atoms with Gasteiger partial charge < -0.3 is 25.2 Å². The van der Waals surface area contributed by atoms with Gasteiger partial charge in [0.2, 0.25) is 0 Å². The summed E-state index contributed by atoms with van der Waals surface area (Å²) in [5.74, 6) is -4.21. The molecule has 148 valence electrons. The van der Waals surface area contributed by atoms with Crippen LogP contribution in [0, 0.1) is 0 Å². The zero-order valence-electron chi connectivity index (χ0n) is 14.4. The monoisotopic (exact) mass is 390 g/mol. The van der Waals surface area contributed by atoms with Crippen molar-refractivity contribution in [3.8, 4) is 5.75 Å². The van der Waals surface area contributed by atoms with Crippen molar-refractivity contribution in [2.75, 3.05) is 25.6 Å². The Morgan fingerprint density at radius 2 is 2.00 bits per heavy atom. The standard InChI is InChI=1S/C16H17F3N2O6/c1-3-27-14(24)15(25)9-6-8(4-5-20-13(23)16(17,18)19)7-10(26-2)11(9)21-12(15)22/h6-7,25H,3-5H2,1-2H3,(H,20,23)(H,21,22). The number of benzene rings is 1. The Morgan fingerprint density at radius 3 is 2.56 bits per heavy atom. The van der Waals surface area contributed by atoms with Gasteiger partial charge in [0, 0.05) is 12.1 Å². The maximum Gasteiger partial charge on any atom is 0.471 e. The molecule has 3 N–H and O–H groups in total. The quantitative estimate of drug-likeness (QED) is 0.485. The van der Waals surface area contributed by atoms with E-state index in [1.807, 2.05) is 0 Å². The Balaban J connectivity index is 2.31. The molecule has 0 fully saturated rings. The van der Waals surface area contributed by atoms with E-state index in [2.05, 4.69) is 5.32 Å². The first-order valence-electron chi connectivity index (χ1n) is 7.83. The number of methoxy groups -OCH3 is 1. The first-order chi connectivity index (χ1) is 12.6. The SMILES string of the molecule is CCOC(=O)C1(O)C(=O)Nc2c(OC)cc(CCNC(=O)C(F)(F)F)cc21. The Bertz CT molecular complexity index is 780. The van der Waals surface area contributed by atoms with E-state index in [4.69, 9.17) is 9.47 Å². The Kier molecular flexibility index (Phi) is 5.64. The molecule has 1 aliphatic heterocycles. The van der Waals surface area contributed by atoms with E-state index in [1.54, 1.807) is 5.32 Å². The van der Waals surface area contributed by atoms with Crippen molar-refractivity contribution in [3.05, 3.63) is 23.3 Å². The number of carbonyl (C=O) groups is 3. The molecule has 1 aromatic rings. The summed E-state index contributed by atoms with van der Waals surface area (Å²) in [5, 5.41) is 14.7. The molecule has 0 aliphatic carbocycles. The van der Waals surface area contributed by atoms with Gasteiger partial charge in [-0.3, -0.25) is 9.59 Å². The maximum atomic E-state index is 12.2. The first-order valence-corrected chi connectivity index (χ1v) is 7.83. The predicted octanol–water partition coefficient (Wildman–Crippen LogP) is 0.619. The number of alkyl halides is 3. The van der Waals surface area contributed by atoms with Crippen LogP contribution in [-0.4, -0.2) is 49.3 Å². The van der Waals surface area contributed by atoms with Crippen LogP contribution in [0.3, 0.4) is 0 Å². The zero-order chi connectivity index (χ0) is 20.4. The van der Waals surface area contributed by atoms with Crippen molar-refractivity contribution < 1.29 is 42.1 Å². The normalized spacial score (nSPS) is 18.5. The Hall–Kier alpha value is -2.82. The molecule has 0 bridgehead atoms. The average Bonchev–Trinajstić information content (AvgIpc) is 2.86. The van der Waals surface area contributed by atoms with E-state index in [-0.39, 0.29) is 36.6 Å². The van der Waals surface area contributed by atoms with Gasteiger partial charge >= 0.3 is 18.1 Å². The number of amides is 2. The number of carbonyl (C=O) groups excluding carboxylic acids is 3. The summed E-state index contributed by atoms with van der Waals surface area (Å²) >= 11 is 0. The lowest BCUT2D eigenvalue weighted by molar-refractivity contribution is -0.173. The fourth-order valence-corrected chi connectivity index (χ4v) is 2.58. The minimum atomic E-state index is -5.00. The van der Waals surface area contributed by atoms with E-state index in [9.17, 15) is 32.7 Å². The van der Waals surface area contributed by atoms with Crippen molar-refractivity contribution in [3.63, 3.8) is 0 Å². The van der Waals surface area contributed by atoms with Crippen molar-refractivity contribution in [2.45, 2.75) is 25.1 Å². The largest absolute Gasteiger partial charge is 0.495 e. The second-order valence-corrected chi connectivity index (χ2v) is 5.61. The number of ether oxygens (including phenoxy) is 2. The molecule has 0 spiro atoms. The second-order valence-electron chi connectivity index (χ2n) is 5.61. The van der Waals surface area contributed by atoms with Gasteiger partial charge in [0.15, 0.2) is 0 Å². The highest BCUT2D eigenvalue weighted by molar-refractivity contribution is 6.18. The van der Waals surface area contributed by atoms with Crippen LogP contribution in [0.15, 0.2) is 12.1 Å². The molecule has 1 aromatic carbocycles. The second kappa shape index (κ2) is 7.43. The molecule has 1 atom stereocenters. The number of aliphatic hydroxyl groups is 1. The summed E-state index contributed by atoms with van der Waals surface area (Å²) in [6.45, 7) is 1.05. The van der Waals surface area contributed by atoms with Crippen molar-refractivity contribution in [2.24, 2.45) is 0 Å². The highest BCUT2D eigenvalue weighted by Crippen LogP contribution is 2.43. The van der Waals surface area contributed by atoms with Gasteiger partial charge in [-0.2, -0.15) is 13.2 Å². The number of anilines is 1. The molecule has 2 rings (SSSR count). The van der Waals surface area contributed by atoms with E-state index >= 15 is 0 Å². The summed E-state index contributed by atoms with van der Waals surface area (Å²) in [6, 6.07) is 2.68. The molecule has 0 saturated carbocycles. The fraction of sp³-hybridized carbons (Fsp3) is 0.438. The Morgan fingerprint density at radius 1 is 1.33 bits per heavy atom. The number of fused-ring (bicyclic) bond motifs is 1. The number of rotatable bonds is 6. The molecule has 0 saturated heterocycles.